The molecule has 1 aromatic carbocycles. The summed E-state index contributed by atoms with van der Waals surface area (Å²) in [7, 11) is 3.75. The molecule has 9 heteroatoms. The number of nitrogens with one attached hydrogen (secondary N) is 4. The first-order chi connectivity index (χ1) is 14.1. The molecule has 0 atom stereocenters. The van der Waals surface area contributed by atoms with Crippen molar-refractivity contribution in [3.8, 4) is 5.69 Å². The predicted molar refractivity (Wildman–Crippen MR) is 130 cm³/mol. The van der Waals surface area contributed by atoms with Crippen LogP contribution < -0.4 is 10.6 Å². The van der Waals surface area contributed by atoms with Crippen molar-refractivity contribution in [2.75, 3.05) is 14.1 Å². The Kier molecular flexibility index (Phi) is 10.2. The van der Waals surface area contributed by atoms with E-state index in [1.807, 2.05) is 32.3 Å². The molecule has 0 saturated carbocycles. The topological polar surface area (TPSA) is 102 Å². The van der Waals surface area contributed by atoms with Crippen LogP contribution >= 0.6 is 23.4 Å². The summed E-state index contributed by atoms with van der Waals surface area (Å²) < 4.78 is 0. The molecule has 1 aliphatic heterocycles. The summed E-state index contributed by atoms with van der Waals surface area (Å²) in [6.45, 7) is 11.4. The van der Waals surface area contributed by atoms with E-state index in [1.165, 1.54) is 4.80 Å². The molecule has 0 radical (unpaired) electrons. The normalized spacial score (nSPS) is 17.2. The summed E-state index contributed by atoms with van der Waals surface area (Å²) in [6, 6.07) is 5.59. The molecule has 1 saturated heterocycles. The Morgan fingerprint density at radius 3 is 2.13 bits per heavy atom. The van der Waals surface area contributed by atoms with Gasteiger partial charge in [-0.1, -0.05) is 11.6 Å². The zero-order chi connectivity index (χ0) is 22.9. The van der Waals surface area contributed by atoms with Crippen LogP contribution in [-0.4, -0.2) is 57.2 Å². The van der Waals surface area contributed by atoms with E-state index in [4.69, 9.17) is 22.4 Å². The molecule has 2 aromatic rings. The predicted octanol–water partition coefficient (Wildman–Crippen LogP) is 4.39. The molecular formula is C21H34ClN7S. The van der Waals surface area contributed by atoms with Crippen molar-refractivity contribution in [3.05, 3.63) is 41.2 Å². The second kappa shape index (κ2) is 11.6. The third-order valence-electron chi connectivity index (χ3n) is 4.28. The number of aromatic nitrogens is 3. The summed E-state index contributed by atoms with van der Waals surface area (Å²) in [5.41, 5.74) is 1.69. The molecule has 30 heavy (non-hydrogen) atoms. The second-order valence-electron chi connectivity index (χ2n) is 8.35. The number of hydrogen-bond donors (Lipinski definition) is 4. The van der Waals surface area contributed by atoms with Crippen molar-refractivity contribution in [1.29, 1.82) is 10.8 Å². The smallest absolute Gasteiger partial charge is 0.0960 e. The number of piperidine rings is 1. The molecule has 0 bridgehead atoms. The van der Waals surface area contributed by atoms with Crippen LogP contribution in [0.4, 0.5) is 0 Å². The monoisotopic (exact) mass is 451 g/mol. The molecule has 1 aromatic heterocycles. The molecule has 0 amide bonds. The number of thioether (sulfide) groups is 1. The van der Waals surface area contributed by atoms with Crippen LogP contribution in [-0.2, 0) is 0 Å². The Bertz CT molecular complexity index is 790. The summed E-state index contributed by atoms with van der Waals surface area (Å²) in [6.07, 6.45) is 5.30. The van der Waals surface area contributed by atoms with Crippen molar-refractivity contribution in [2.45, 2.75) is 56.9 Å². The molecule has 2 heterocycles. The summed E-state index contributed by atoms with van der Waals surface area (Å²) >= 11 is 8.05. The zero-order valence-electron chi connectivity index (χ0n) is 18.7. The van der Waals surface area contributed by atoms with Crippen LogP contribution in [0.25, 0.3) is 5.69 Å². The minimum atomic E-state index is 0.0686. The largest absolute Gasteiger partial charge is 0.323 e. The molecule has 1 fully saturated rings. The van der Waals surface area contributed by atoms with Crippen LogP contribution in [0.15, 0.2) is 30.6 Å². The molecule has 0 unspecified atom stereocenters. The van der Waals surface area contributed by atoms with E-state index in [-0.39, 0.29) is 11.1 Å². The van der Waals surface area contributed by atoms with Gasteiger partial charge in [-0.05, 0) is 79.5 Å². The Morgan fingerprint density at radius 1 is 1.17 bits per heavy atom. The van der Waals surface area contributed by atoms with E-state index in [2.05, 4.69) is 55.2 Å². The van der Waals surface area contributed by atoms with E-state index < -0.39 is 0 Å². The molecule has 1 aliphatic rings. The molecule has 0 spiro atoms. The maximum atomic E-state index is 8.53. The summed E-state index contributed by atoms with van der Waals surface area (Å²) in [5, 5.41) is 30.1. The van der Waals surface area contributed by atoms with Crippen LogP contribution in [0, 0.1) is 10.8 Å². The SMILES string of the molecule is C=N.CC1(C)CC(SC(=N)c2ccc(-n3nccn3)cc2Cl)CC(C)(C)N1.CNC. The van der Waals surface area contributed by atoms with Crippen LogP contribution in [0.3, 0.4) is 0 Å². The van der Waals surface area contributed by atoms with Crippen molar-refractivity contribution in [1.82, 2.24) is 25.6 Å². The lowest BCUT2D eigenvalue weighted by atomic mass is 9.82. The van der Waals surface area contributed by atoms with Gasteiger partial charge >= 0.3 is 0 Å². The number of hydrogen-bond acceptors (Lipinski definition) is 7. The van der Waals surface area contributed by atoms with Gasteiger partial charge in [0.25, 0.3) is 0 Å². The van der Waals surface area contributed by atoms with E-state index in [1.54, 1.807) is 24.2 Å². The van der Waals surface area contributed by atoms with Gasteiger partial charge in [-0.3, -0.25) is 5.41 Å². The van der Waals surface area contributed by atoms with E-state index >= 15 is 0 Å². The second-order valence-corrected chi connectivity index (χ2v) is 10.1. The van der Waals surface area contributed by atoms with Gasteiger partial charge in [-0.2, -0.15) is 15.0 Å². The minimum absolute atomic E-state index is 0.0686. The van der Waals surface area contributed by atoms with Crippen LogP contribution in [0.5, 0.6) is 0 Å². The lowest BCUT2D eigenvalue weighted by Gasteiger charge is -2.46. The summed E-state index contributed by atoms with van der Waals surface area (Å²) in [4.78, 5) is 1.52. The molecular weight excluding hydrogens is 418 g/mol. The van der Waals surface area contributed by atoms with Crippen molar-refractivity contribution in [3.63, 3.8) is 0 Å². The lowest BCUT2D eigenvalue weighted by Crippen LogP contribution is -2.58. The highest BCUT2D eigenvalue weighted by Crippen LogP contribution is 2.37. The quantitative estimate of drug-likeness (QED) is 0.409. The maximum absolute atomic E-state index is 8.53. The van der Waals surface area contributed by atoms with Gasteiger partial charge in [-0.25, -0.2) is 0 Å². The summed E-state index contributed by atoms with van der Waals surface area (Å²) in [5.74, 6) is 0. The first-order valence-electron chi connectivity index (χ1n) is 9.72. The number of nitrogens with zero attached hydrogens (tertiary/aromatic N) is 3. The van der Waals surface area contributed by atoms with Crippen LogP contribution in [0.1, 0.15) is 46.1 Å². The van der Waals surface area contributed by atoms with E-state index in [0.717, 1.165) is 24.1 Å². The molecule has 7 nitrogen and oxygen atoms in total. The Morgan fingerprint density at radius 2 is 1.67 bits per heavy atom. The highest BCUT2D eigenvalue weighted by Gasteiger charge is 2.38. The fourth-order valence-corrected chi connectivity index (χ4v) is 5.67. The van der Waals surface area contributed by atoms with Gasteiger partial charge < -0.3 is 16.0 Å². The fourth-order valence-electron chi connectivity index (χ4n) is 3.70. The van der Waals surface area contributed by atoms with E-state index in [9.17, 15) is 0 Å². The minimum Gasteiger partial charge on any atom is -0.323 e. The van der Waals surface area contributed by atoms with Gasteiger partial charge in [0.05, 0.1) is 28.1 Å². The fraction of sp³-hybridized carbons (Fsp3) is 0.524. The van der Waals surface area contributed by atoms with Gasteiger partial charge in [0.1, 0.15) is 0 Å². The average Bonchev–Trinajstić information content (AvgIpc) is 3.15. The first kappa shape index (κ1) is 26.3. The van der Waals surface area contributed by atoms with Crippen molar-refractivity contribution in [2.24, 2.45) is 0 Å². The zero-order valence-corrected chi connectivity index (χ0v) is 20.3. The molecule has 4 N–H and O–H groups in total. The van der Waals surface area contributed by atoms with Gasteiger partial charge in [0.15, 0.2) is 0 Å². The van der Waals surface area contributed by atoms with Gasteiger partial charge in [0.2, 0.25) is 0 Å². The lowest BCUT2D eigenvalue weighted by molar-refractivity contribution is 0.189. The van der Waals surface area contributed by atoms with Crippen molar-refractivity contribution >= 4 is 35.1 Å². The molecule has 3 rings (SSSR count). The van der Waals surface area contributed by atoms with Gasteiger partial charge in [-0.15, -0.1) is 11.8 Å². The maximum Gasteiger partial charge on any atom is 0.0960 e. The first-order valence-corrected chi connectivity index (χ1v) is 11.0. The third-order valence-corrected chi connectivity index (χ3v) is 5.72. The van der Waals surface area contributed by atoms with E-state index in [0.29, 0.717) is 15.3 Å². The number of rotatable bonds is 3. The Hall–Kier alpha value is -1.74. The third kappa shape index (κ3) is 7.83. The number of benzene rings is 1. The standard InChI is InChI=1S/C18H24ClN5S.C2H7N.CH3N/c1-17(2)10-13(11-18(3,4)23-17)25-16(20)14-6-5-12(9-15(14)19)24-21-7-8-22-24;1-3-2;1-2/h5-9,13,20,23H,10-11H2,1-4H3;3H,1-2H3;2H,1H2. The highest BCUT2D eigenvalue weighted by molar-refractivity contribution is 8.14. The average molecular weight is 452 g/mol. The van der Waals surface area contributed by atoms with Gasteiger partial charge in [0, 0.05) is 21.9 Å². The Balaban J connectivity index is 0.000000826. The molecule has 0 aliphatic carbocycles. The Labute approximate surface area is 189 Å². The number of halogens is 1. The molecule has 166 valence electrons. The highest BCUT2D eigenvalue weighted by atomic mass is 35.5. The van der Waals surface area contributed by atoms with Crippen LogP contribution in [0.2, 0.25) is 5.02 Å². The van der Waals surface area contributed by atoms with Crippen molar-refractivity contribution < 1.29 is 0 Å².